The molecule has 84 valence electrons. The van der Waals surface area contributed by atoms with Crippen LogP contribution in [0.15, 0.2) is 10.9 Å². The molecule has 15 heavy (non-hydrogen) atoms. The van der Waals surface area contributed by atoms with Crippen molar-refractivity contribution in [3.63, 3.8) is 0 Å². The van der Waals surface area contributed by atoms with E-state index in [-0.39, 0.29) is 5.56 Å². The largest absolute Gasteiger partial charge is 0.379 e. The fraction of sp³-hybridized carbons (Fsp3) is 0.600. The second-order valence-corrected chi connectivity index (χ2v) is 3.72. The predicted octanol–water partition coefficient (Wildman–Crippen LogP) is 0.807. The Morgan fingerprint density at radius 1 is 1.47 bits per heavy atom. The third kappa shape index (κ3) is 3.68. The molecule has 1 rings (SSSR count). The standard InChI is InChI=1S/C10H16N2O2S/c1-8-7-10(13)12(9(2)11-8)3-4-14-5-6-15/h7,15H,3-6H2,1-2H3. The van der Waals surface area contributed by atoms with E-state index in [2.05, 4.69) is 17.6 Å². The van der Waals surface area contributed by atoms with Gasteiger partial charge in [0.25, 0.3) is 5.56 Å². The highest BCUT2D eigenvalue weighted by molar-refractivity contribution is 7.80. The van der Waals surface area contributed by atoms with Crippen molar-refractivity contribution >= 4 is 12.6 Å². The summed E-state index contributed by atoms with van der Waals surface area (Å²) in [4.78, 5) is 15.8. The van der Waals surface area contributed by atoms with Gasteiger partial charge >= 0.3 is 0 Å². The fourth-order valence-electron chi connectivity index (χ4n) is 1.36. The van der Waals surface area contributed by atoms with Crippen LogP contribution < -0.4 is 5.56 Å². The highest BCUT2D eigenvalue weighted by Gasteiger charge is 2.01. The first kappa shape index (κ1) is 12.3. The second-order valence-electron chi connectivity index (χ2n) is 3.27. The van der Waals surface area contributed by atoms with E-state index in [1.165, 1.54) is 6.07 Å². The van der Waals surface area contributed by atoms with Gasteiger partial charge in [-0.05, 0) is 13.8 Å². The van der Waals surface area contributed by atoms with E-state index in [4.69, 9.17) is 4.74 Å². The van der Waals surface area contributed by atoms with Crippen LogP contribution >= 0.6 is 12.6 Å². The molecule has 0 bridgehead atoms. The van der Waals surface area contributed by atoms with Gasteiger partial charge in [-0.3, -0.25) is 9.36 Å². The van der Waals surface area contributed by atoms with Gasteiger partial charge in [-0.25, -0.2) is 4.98 Å². The molecule has 5 heteroatoms. The van der Waals surface area contributed by atoms with Crippen molar-refractivity contribution in [2.24, 2.45) is 0 Å². The molecule has 1 heterocycles. The summed E-state index contributed by atoms with van der Waals surface area (Å²) in [6, 6.07) is 1.53. The molecule has 1 aromatic heterocycles. The third-order valence-electron chi connectivity index (χ3n) is 2.02. The van der Waals surface area contributed by atoms with E-state index in [0.29, 0.717) is 25.5 Å². The number of ether oxygens (including phenoxy) is 1. The molecule has 0 saturated heterocycles. The van der Waals surface area contributed by atoms with Crippen LogP contribution in [0.25, 0.3) is 0 Å². The highest BCUT2D eigenvalue weighted by Crippen LogP contribution is 1.93. The molecular formula is C10H16N2O2S. The zero-order valence-electron chi connectivity index (χ0n) is 9.06. The Hall–Kier alpha value is -0.810. The zero-order chi connectivity index (χ0) is 11.3. The van der Waals surface area contributed by atoms with Gasteiger partial charge in [0, 0.05) is 17.5 Å². The van der Waals surface area contributed by atoms with E-state index in [1.807, 2.05) is 13.8 Å². The van der Waals surface area contributed by atoms with E-state index in [1.54, 1.807) is 4.57 Å². The molecule has 0 aliphatic rings. The van der Waals surface area contributed by atoms with Crippen molar-refractivity contribution in [3.05, 3.63) is 27.9 Å². The van der Waals surface area contributed by atoms with Crippen LogP contribution in [0.2, 0.25) is 0 Å². The van der Waals surface area contributed by atoms with Gasteiger partial charge in [-0.15, -0.1) is 0 Å². The van der Waals surface area contributed by atoms with Gasteiger partial charge in [0.05, 0.1) is 19.8 Å². The van der Waals surface area contributed by atoms with Gasteiger partial charge < -0.3 is 4.74 Å². The van der Waals surface area contributed by atoms with E-state index < -0.39 is 0 Å². The Balaban J connectivity index is 2.65. The third-order valence-corrected chi connectivity index (χ3v) is 2.20. The van der Waals surface area contributed by atoms with Crippen molar-refractivity contribution in [2.75, 3.05) is 19.0 Å². The Morgan fingerprint density at radius 3 is 2.80 bits per heavy atom. The fourth-order valence-corrected chi connectivity index (χ4v) is 1.49. The SMILES string of the molecule is Cc1cc(=O)n(CCOCCS)c(C)n1. The maximum Gasteiger partial charge on any atom is 0.253 e. The second kappa shape index (κ2) is 5.92. The normalized spacial score (nSPS) is 10.6. The monoisotopic (exact) mass is 228 g/mol. The topological polar surface area (TPSA) is 44.1 Å². The Bertz CT molecular complexity index is 376. The molecule has 0 radical (unpaired) electrons. The quantitative estimate of drug-likeness (QED) is 0.599. The van der Waals surface area contributed by atoms with Crippen molar-refractivity contribution in [2.45, 2.75) is 20.4 Å². The first-order valence-electron chi connectivity index (χ1n) is 4.89. The van der Waals surface area contributed by atoms with Crippen LogP contribution in [0, 0.1) is 13.8 Å². The number of hydrogen-bond donors (Lipinski definition) is 1. The molecule has 4 nitrogen and oxygen atoms in total. The Morgan fingerprint density at radius 2 is 2.20 bits per heavy atom. The highest BCUT2D eigenvalue weighted by atomic mass is 32.1. The lowest BCUT2D eigenvalue weighted by molar-refractivity contribution is 0.140. The van der Waals surface area contributed by atoms with Crippen molar-refractivity contribution < 1.29 is 4.74 Å². The summed E-state index contributed by atoms with van der Waals surface area (Å²) in [5, 5.41) is 0. The minimum Gasteiger partial charge on any atom is -0.379 e. The Labute approximate surface area is 94.7 Å². The van der Waals surface area contributed by atoms with Crippen LogP contribution in [0.5, 0.6) is 0 Å². The van der Waals surface area contributed by atoms with Crippen LogP contribution in [0.1, 0.15) is 11.5 Å². The number of nitrogens with zero attached hydrogens (tertiary/aromatic N) is 2. The minimum absolute atomic E-state index is 0.0190. The maximum absolute atomic E-state index is 11.6. The lowest BCUT2D eigenvalue weighted by Crippen LogP contribution is -2.25. The van der Waals surface area contributed by atoms with Crippen molar-refractivity contribution in [1.29, 1.82) is 0 Å². The molecule has 0 aromatic carbocycles. The van der Waals surface area contributed by atoms with E-state index in [0.717, 1.165) is 11.5 Å². The molecule has 0 spiro atoms. The summed E-state index contributed by atoms with van der Waals surface area (Å²) in [6.07, 6.45) is 0. The number of aryl methyl sites for hydroxylation is 2. The average Bonchev–Trinajstić information content (AvgIpc) is 2.15. The number of rotatable bonds is 5. The summed E-state index contributed by atoms with van der Waals surface area (Å²) in [6.45, 7) is 5.32. The number of hydrogen-bond acceptors (Lipinski definition) is 4. The predicted molar refractivity (Wildman–Crippen MR) is 62.6 cm³/mol. The first-order valence-corrected chi connectivity index (χ1v) is 5.52. The van der Waals surface area contributed by atoms with Gasteiger partial charge in [0.2, 0.25) is 0 Å². The summed E-state index contributed by atoms with van der Waals surface area (Å²) in [5.74, 6) is 1.43. The average molecular weight is 228 g/mol. The maximum atomic E-state index is 11.6. The van der Waals surface area contributed by atoms with Crippen LogP contribution in [0.3, 0.4) is 0 Å². The summed E-state index contributed by atoms with van der Waals surface area (Å²) < 4.78 is 6.88. The first-order chi connectivity index (χ1) is 7.15. The van der Waals surface area contributed by atoms with Crippen LogP contribution in [0.4, 0.5) is 0 Å². The van der Waals surface area contributed by atoms with Gasteiger partial charge in [-0.1, -0.05) is 0 Å². The summed E-state index contributed by atoms with van der Waals surface area (Å²) >= 11 is 4.03. The lowest BCUT2D eigenvalue weighted by Gasteiger charge is -2.09. The minimum atomic E-state index is -0.0190. The molecule has 0 N–H and O–H groups in total. The van der Waals surface area contributed by atoms with Crippen molar-refractivity contribution in [1.82, 2.24) is 9.55 Å². The van der Waals surface area contributed by atoms with Gasteiger partial charge in [0.1, 0.15) is 5.82 Å². The number of thiol groups is 1. The van der Waals surface area contributed by atoms with Crippen LogP contribution in [-0.4, -0.2) is 28.5 Å². The van der Waals surface area contributed by atoms with E-state index >= 15 is 0 Å². The molecule has 0 atom stereocenters. The van der Waals surface area contributed by atoms with Crippen LogP contribution in [-0.2, 0) is 11.3 Å². The van der Waals surface area contributed by atoms with Gasteiger partial charge in [0.15, 0.2) is 0 Å². The Kier molecular flexibility index (Phi) is 4.84. The molecule has 1 aromatic rings. The van der Waals surface area contributed by atoms with E-state index in [9.17, 15) is 4.79 Å². The van der Waals surface area contributed by atoms with Gasteiger partial charge in [-0.2, -0.15) is 12.6 Å². The smallest absolute Gasteiger partial charge is 0.253 e. The molecule has 0 aliphatic carbocycles. The van der Waals surface area contributed by atoms with Crippen molar-refractivity contribution in [3.8, 4) is 0 Å². The zero-order valence-corrected chi connectivity index (χ0v) is 9.96. The molecule has 0 saturated carbocycles. The molecule has 0 aliphatic heterocycles. The molecule has 0 amide bonds. The molecule has 0 unspecified atom stereocenters. The summed E-state index contributed by atoms with van der Waals surface area (Å²) in [7, 11) is 0. The molecule has 0 fully saturated rings. The molecular weight excluding hydrogens is 212 g/mol. The lowest BCUT2D eigenvalue weighted by atomic mass is 10.4. The number of aromatic nitrogens is 2. The summed E-state index contributed by atoms with van der Waals surface area (Å²) in [5.41, 5.74) is 0.736.